The largest absolute Gasteiger partial charge is 0.508 e. The molecule has 0 saturated carbocycles. The number of phenols is 1. The molecule has 0 aliphatic heterocycles. The minimum absolute atomic E-state index is 0.164. The summed E-state index contributed by atoms with van der Waals surface area (Å²) < 4.78 is 5.06. The van der Waals surface area contributed by atoms with E-state index in [-0.39, 0.29) is 11.7 Å². The van der Waals surface area contributed by atoms with Gasteiger partial charge in [0.05, 0.1) is 7.11 Å². The molecule has 0 fully saturated rings. The summed E-state index contributed by atoms with van der Waals surface area (Å²) in [4.78, 5) is 11.7. The Kier molecular flexibility index (Phi) is 4.39. The molecule has 4 nitrogen and oxygen atoms in total. The molecule has 2 aromatic rings. The van der Waals surface area contributed by atoms with Crippen molar-refractivity contribution in [2.24, 2.45) is 0 Å². The van der Waals surface area contributed by atoms with Gasteiger partial charge in [-0.25, -0.2) is 0 Å². The Bertz CT molecular complexity index is 601. The lowest BCUT2D eigenvalue weighted by Crippen LogP contribution is -2.07. The first kappa shape index (κ1) is 13.7. The van der Waals surface area contributed by atoms with E-state index in [4.69, 9.17) is 9.84 Å². The molecular weight excluding hydrogens is 254 g/mol. The molecule has 1 amide bonds. The van der Waals surface area contributed by atoms with E-state index < -0.39 is 0 Å². The topological polar surface area (TPSA) is 58.6 Å². The summed E-state index contributed by atoms with van der Waals surface area (Å²) in [7, 11) is 1.61. The lowest BCUT2D eigenvalue weighted by Gasteiger charge is -2.02. The Morgan fingerprint density at radius 2 is 1.75 bits per heavy atom. The Morgan fingerprint density at radius 3 is 2.35 bits per heavy atom. The summed E-state index contributed by atoms with van der Waals surface area (Å²) in [5.74, 6) is 0.707. The molecule has 20 heavy (non-hydrogen) atoms. The van der Waals surface area contributed by atoms with Crippen molar-refractivity contribution in [2.75, 3.05) is 12.4 Å². The van der Waals surface area contributed by atoms with Crippen LogP contribution in [0.4, 0.5) is 5.69 Å². The number of carbonyl (C=O) groups is 1. The number of benzene rings is 2. The van der Waals surface area contributed by atoms with E-state index in [9.17, 15) is 4.79 Å². The number of hydrogen-bond donors (Lipinski definition) is 2. The van der Waals surface area contributed by atoms with Crippen molar-refractivity contribution in [1.82, 2.24) is 0 Å². The van der Waals surface area contributed by atoms with E-state index in [1.54, 1.807) is 25.3 Å². The number of nitrogens with one attached hydrogen (secondary N) is 1. The fraction of sp³-hybridized carbons (Fsp3) is 0.0625. The number of ether oxygens (including phenoxy) is 1. The van der Waals surface area contributed by atoms with Crippen LogP contribution in [0.3, 0.4) is 0 Å². The number of anilines is 1. The highest BCUT2D eigenvalue weighted by molar-refractivity contribution is 6.01. The highest BCUT2D eigenvalue weighted by Crippen LogP contribution is 2.14. The molecule has 2 rings (SSSR count). The molecule has 0 atom stereocenters. The van der Waals surface area contributed by atoms with Crippen LogP contribution < -0.4 is 10.1 Å². The summed E-state index contributed by atoms with van der Waals surface area (Å²) in [6, 6.07) is 13.7. The van der Waals surface area contributed by atoms with Gasteiger partial charge in [0, 0.05) is 11.8 Å². The number of rotatable bonds is 4. The first-order valence-corrected chi connectivity index (χ1v) is 6.09. The molecule has 0 saturated heterocycles. The van der Waals surface area contributed by atoms with E-state index in [2.05, 4.69) is 5.32 Å². The molecule has 0 spiro atoms. The highest BCUT2D eigenvalue weighted by atomic mass is 16.5. The van der Waals surface area contributed by atoms with Crippen LogP contribution in [0.5, 0.6) is 11.5 Å². The minimum atomic E-state index is -0.230. The third kappa shape index (κ3) is 3.88. The van der Waals surface area contributed by atoms with Gasteiger partial charge < -0.3 is 15.2 Å². The average Bonchev–Trinajstić information content (AvgIpc) is 2.48. The number of aromatic hydroxyl groups is 1. The zero-order valence-electron chi connectivity index (χ0n) is 11.0. The molecule has 0 aromatic heterocycles. The summed E-state index contributed by atoms with van der Waals surface area (Å²) in [6.07, 6.45) is 3.17. The quantitative estimate of drug-likeness (QED) is 0.662. The summed E-state index contributed by atoms with van der Waals surface area (Å²) in [5, 5.41) is 11.8. The maximum Gasteiger partial charge on any atom is 0.248 e. The van der Waals surface area contributed by atoms with Gasteiger partial charge >= 0.3 is 0 Å². The second kappa shape index (κ2) is 6.43. The van der Waals surface area contributed by atoms with Gasteiger partial charge in [0.2, 0.25) is 5.91 Å². The van der Waals surface area contributed by atoms with Crippen LogP contribution >= 0.6 is 0 Å². The number of phenolic OH excluding ortho intramolecular Hbond substituents is 1. The van der Waals surface area contributed by atoms with Crippen LogP contribution in [-0.4, -0.2) is 18.1 Å². The van der Waals surface area contributed by atoms with Gasteiger partial charge in [-0.2, -0.15) is 0 Å². The van der Waals surface area contributed by atoms with Gasteiger partial charge in [0.15, 0.2) is 0 Å². The Morgan fingerprint density at radius 1 is 1.10 bits per heavy atom. The van der Waals surface area contributed by atoms with Crippen molar-refractivity contribution in [3.8, 4) is 11.5 Å². The van der Waals surface area contributed by atoms with Crippen LogP contribution in [0.2, 0.25) is 0 Å². The van der Waals surface area contributed by atoms with E-state index in [1.165, 1.54) is 18.2 Å². The molecule has 0 bridgehead atoms. The van der Waals surface area contributed by atoms with E-state index in [0.717, 1.165) is 11.3 Å². The van der Waals surface area contributed by atoms with Crippen molar-refractivity contribution in [1.29, 1.82) is 0 Å². The van der Waals surface area contributed by atoms with Gasteiger partial charge in [0.1, 0.15) is 11.5 Å². The lowest BCUT2D eigenvalue weighted by molar-refractivity contribution is -0.111. The SMILES string of the molecule is COc1ccc(/C=C/C(=O)Nc2ccc(O)cc2)cc1. The first-order valence-electron chi connectivity index (χ1n) is 6.09. The maximum absolute atomic E-state index is 11.7. The minimum Gasteiger partial charge on any atom is -0.508 e. The smallest absolute Gasteiger partial charge is 0.248 e. The van der Waals surface area contributed by atoms with Crippen molar-refractivity contribution in [2.45, 2.75) is 0 Å². The average molecular weight is 269 g/mol. The van der Waals surface area contributed by atoms with Gasteiger partial charge in [0.25, 0.3) is 0 Å². The Balaban J connectivity index is 1.96. The summed E-state index contributed by atoms with van der Waals surface area (Å²) >= 11 is 0. The first-order chi connectivity index (χ1) is 9.67. The van der Waals surface area contributed by atoms with Gasteiger partial charge in [-0.3, -0.25) is 4.79 Å². The molecule has 4 heteroatoms. The molecule has 0 unspecified atom stereocenters. The van der Waals surface area contributed by atoms with E-state index in [1.807, 2.05) is 24.3 Å². The highest BCUT2D eigenvalue weighted by Gasteiger charge is 1.98. The third-order valence-corrected chi connectivity index (χ3v) is 2.68. The van der Waals surface area contributed by atoms with Gasteiger partial charge in [-0.05, 0) is 48.0 Å². The Hall–Kier alpha value is -2.75. The number of amides is 1. The Labute approximate surface area is 117 Å². The zero-order valence-corrected chi connectivity index (χ0v) is 11.0. The van der Waals surface area contributed by atoms with Crippen molar-refractivity contribution in [3.05, 3.63) is 60.2 Å². The molecule has 0 heterocycles. The van der Waals surface area contributed by atoms with E-state index in [0.29, 0.717) is 5.69 Å². The molecule has 0 aliphatic carbocycles. The van der Waals surface area contributed by atoms with Crippen LogP contribution in [0.1, 0.15) is 5.56 Å². The van der Waals surface area contributed by atoms with E-state index >= 15 is 0 Å². The van der Waals surface area contributed by atoms with Crippen LogP contribution in [0.15, 0.2) is 54.6 Å². The normalized spacial score (nSPS) is 10.4. The predicted molar refractivity (Wildman–Crippen MR) is 78.8 cm³/mol. The molecular formula is C16H15NO3. The van der Waals surface area contributed by atoms with Crippen LogP contribution in [-0.2, 0) is 4.79 Å². The summed E-state index contributed by atoms with van der Waals surface area (Å²) in [5.41, 5.74) is 1.54. The second-order valence-electron chi connectivity index (χ2n) is 4.14. The van der Waals surface area contributed by atoms with Crippen molar-refractivity contribution in [3.63, 3.8) is 0 Å². The fourth-order valence-corrected chi connectivity index (χ4v) is 1.62. The fourth-order valence-electron chi connectivity index (χ4n) is 1.62. The number of carbonyl (C=O) groups excluding carboxylic acids is 1. The molecule has 102 valence electrons. The molecule has 2 aromatic carbocycles. The molecule has 0 aliphatic rings. The molecule has 2 N–H and O–H groups in total. The standard InChI is InChI=1S/C16H15NO3/c1-20-15-9-2-12(3-10-15)4-11-16(19)17-13-5-7-14(18)8-6-13/h2-11,18H,1H3,(H,17,19)/b11-4+. The number of methoxy groups -OCH3 is 1. The molecule has 0 radical (unpaired) electrons. The lowest BCUT2D eigenvalue weighted by atomic mass is 10.2. The predicted octanol–water partition coefficient (Wildman–Crippen LogP) is 3.05. The monoisotopic (exact) mass is 269 g/mol. The third-order valence-electron chi connectivity index (χ3n) is 2.68. The summed E-state index contributed by atoms with van der Waals surface area (Å²) in [6.45, 7) is 0. The van der Waals surface area contributed by atoms with Crippen molar-refractivity contribution < 1.29 is 14.6 Å². The van der Waals surface area contributed by atoms with Crippen LogP contribution in [0, 0.1) is 0 Å². The van der Waals surface area contributed by atoms with Crippen LogP contribution in [0.25, 0.3) is 6.08 Å². The van der Waals surface area contributed by atoms with Crippen molar-refractivity contribution >= 4 is 17.7 Å². The maximum atomic E-state index is 11.7. The number of hydrogen-bond acceptors (Lipinski definition) is 3. The second-order valence-corrected chi connectivity index (χ2v) is 4.14. The van der Waals surface area contributed by atoms with Gasteiger partial charge in [-0.1, -0.05) is 12.1 Å². The zero-order chi connectivity index (χ0) is 14.4. The van der Waals surface area contributed by atoms with Gasteiger partial charge in [-0.15, -0.1) is 0 Å².